The van der Waals surface area contributed by atoms with Gasteiger partial charge in [-0.3, -0.25) is 4.79 Å². The van der Waals surface area contributed by atoms with Crippen LogP contribution in [0.4, 0.5) is 5.69 Å². The Morgan fingerprint density at radius 1 is 0.897 bits per heavy atom. The molecule has 2 aliphatic rings. The number of aryl methyl sites for hydroxylation is 1. The van der Waals surface area contributed by atoms with Crippen LogP contribution >= 0.6 is 11.6 Å². The van der Waals surface area contributed by atoms with Crippen molar-refractivity contribution in [2.75, 3.05) is 24.5 Å². The second-order valence-electron chi connectivity index (χ2n) is 7.65. The van der Waals surface area contributed by atoms with Gasteiger partial charge in [0.15, 0.2) is 0 Å². The Bertz CT molecular complexity index is 1010. The van der Waals surface area contributed by atoms with E-state index in [0.717, 1.165) is 49.8 Å². The maximum atomic E-state index is 13.3. The van der Waals surface area contributed by atoms with Crippen molar-refractivity contribution in [3.8, 4) is 0 Å². The van der Waals surface area contributed by atoms with E-state index in [1.165, 1.54) is 22.5 Å². The van der Waals surface area contributed by atoms with Crippen LogP contribution in [-0.4, -0.2) is 38.3 Å². The minimum absolute atomic E-state index is 0.137. The molecule has 0 saturated carbocycles. The molecule has 2 aromatic carbocycles. The zero-order valence-corrected chi connectivity index (χ0v) is 17.9. The Morgan fingerprint density at radius 3 is 2.38 bits per heavy atom. The van der Waals surface area contributed by atoms with Crippen LogP contribution in [0.2, 0.25) is 5.02 Å². The Morgan fingerprint density at radius 2 is 1.62 bits per heavy atom. The van der Waals surface area contributed by atoms with E-state index in [4.69, 9.17) is 11.6 Å². The van der Waals surface area contributed by atoms with Crippen molar-refractivity contribution < 1.29 is 13.2 Å². The van der Waals surface area contributed by atoms with Gasteiger partial charge >= 0.3 is 0 Å². The third-order valence-corrected chi connectivity index (χ3v) is 7.95. The molecule has 1 amide bonds. The lowest BCUT2D eigenvalue weighted by molar-refractivity contribution is 0.0985. The number of amides is 1. The molecule has 154 valence electrons. The van der Waals surface area contributed by atoms with Crippen molar-refractivity contribution in [2.45, 2.75) is 43.4 Å². The van der Waals surface area contributed by atoms with E-state index in [-0.39, 0.29) is 21.4 Å². The smallest absolute Gasteiger partial charge is 0.259 e. The van der Waals surface area contributed by atoms with E-state index in [0.29, 0.717) is 19.6 Å². The van der Waals surface area contributed by atoms with E-state index in [1.807, 2.05) is 24.3 Å². The largest absolute Gasteiger partial charge is 0.308 e. The van der Waals surface area contributed by atoms with E-state index in [2.05, 4.69) is 0 Å². The summed E-state index contributed by atoms with van der Waals surface area (Å²) < 4.78 is 27.9. The Hall–Kier alpha value is -1.89. The lowest BCUT2D eigenvalue weighted by Crippen LogP contribution is -2.36. The molecule has 0 spiro atoms. The Kier molecular flexibility index (Phi) is 5.95. The van der Waals surface area contributed by atoms with Crippen LogP contribution in [-0.2, 0) is 16.4 Å². The highest BCUT2D eigenvalue weighted by molar-refractivity contribution is 7.89. The molecule has 29 heavy (non-hydrogen) atoms. The SMILES string of the molecule is O=C(c1cc(S(=O)(=O)N2CCCCCC2)ccc1Cl)N1CCCc2ccccc21. The first kappa shape index (κ1) is 20.4. The summed E-state index contributed by atoms with van der Waals surface area (Å²) in [4.78, 5) is 15.2. The number of hydrogen-bond donors (Lipinski definition) is 0. The molecule has 0 bridgehead atoms. The van der Waals surface area contributed by atoms with Crippen molar-refractivity contribution in [1.82, 2.24) is 4.31 Å². The average Bonchev–Trinajstić information content (AvgIpc) is 3.03. The lowest BCUT2D eigenvalue weighted by Gasteiger charge is -2.30. The van der Waals surface area contributed by atoms with Gasteiger partial charge in [-0.2, -0.15) is 4.31 Å². The monoisotopic (exact) mass is 432 g/mol. The molecule has 0 radical (unpaired) electrons. The van der Waals surface area contributed by atoms with Crippen molar-refractivity contribution in [1.29, 1.82) is 0 Å². The van der Waals surface area contributed by atoms with Gasteiger partial charge in [-0.25, -0.2) is 8.42 Å². The van der Waals surface area contributed by atoms with E-state index < -0.39 is 10.0 Å². The number of sulfonamides is 1. The zero-order valence-electron chi connectivity index (χ0n) is 16.3. The number of para-hydroxylation sites is 1. The zero-order chi connectivity index (χ0) is 20.4. The van der Waals surface area contributed by atoms with Gasteiger partial charge in [0.05, 0.1) is 15.5 Å². The van der Waals surface area contributed by atoms with Crippen LogP contribution in [0.3, 0.4) is 0 Å². The molecule has 2 aromatic rings. The minimum atomic E-state index is -3.65. The van der Waals surface area contributed by atoms with Gasteiger partial charge in [0.25, 0.3) is 5.91 Å². The summed E-state index contributed by atoms with van der Waals surface area (Å²) in [5, 5.41) is 0.271. The number of benzene rings is 2. The molecule has 0 atom stereocenters. The highest BCUT2D eigenvalue weighted by atomic mass is 35.5. The molecule has 0 unspecified atom stereocenters. The quantitative estimate of drug-likeness (QED) is 0.717. The first-order valence-electron chi connectivity index (χ1n) is 10.2. The van der Waals surface area contributed by atoms with E-state index in [1.54, 1.807) is 4.90 Å². The number of hydrogen-bond acceptors (Lipinski definition) is 3. The van der Waals surface area contributed by atoms with Crippen LogP contribution in [0.15, 0.2) is 47.4 Å². The third-order valence-electron chi connectivity index (χ3n) is 5.73. The molecule has 1 saturated heterocycles. The molecular formula is C22H25ClN2O3S. The van der Waals surface area contributed by atoms with Crippen molar-refractivity contribution in [2.24, 2.45) is 0 Å². The Labute approximate surface area is 177 Å². The summed E-state index contributed by atoms with van der Waals surface area (Å²) in [5.41, 5.74) is 2.23. The molecule has 5 nitrogen and oxygen atoms in total. The van der Waals surface area contributed by atoms with E-state index in [9.17, 15) is 13.2 Å². The predicted molar refractivity (Wildman–Crippen MR) is 115 cm³/mol. The fourth-order valence-electron chi connectivity index (χ4n) is 4.15. The van der Waals surface area contributed by atoms with Crippen molar-refractivity contribution in [3.63, 3.8) is 0 Å². The highest BCUT2D eigenvalue weighted by Crippen LogP contribution is 2.31. The molecule has 1 fully saturated rings. The molecule has 2 heterocycles. The van der Waals surface area contributed by atoms with Gasteiger partial charge < -0.3 is 4.90 Å². The molecule has 0 aliphatic carbocycles. The van der Waals surface area contributed by atoms with Crippen LogP contribution in [0.25, 0.3) is 0 Å². The number of halogens is 1. The van der Waals surface area contributed by atoms with Gasteiger partial charge in [-0.1, -0.05) is 42.6 Å². The number of rotatable bonds is 3. The van der Waals surface area contributed by atoms with Gasteiger partial charge in [-0.15, -0.1) is 0 Å². The third kappa shape index (κ3) is 4.06. The number of fused-ring (bicyclic) bond motifs is 1. The molecule has 7 heteroatoms. The number of carbonyl (C=O) groups is 1. The molecule has 0 N–H and O–H groups in total. The standard InChI is InChI=1S/C22H25ClN2O3S/c23-20-12-11-18(29(27,28)24-13-5-1-2-6-14-24)16-19(20)22(26)25-15-7-9-17-8-3-4-10-21(17)25/h3-4,8,10-12,16H,1-2,5-7,9,13-15H2. The summed E-state index contributed by atoms with van der Waals surface area (Å²) in [7, 11) is -3.65. The summed E-state index contributed by atoms with van der Waals surface area (Å²) in [6.45, 7) is 1.64. The van der Waals surface area contributed by atoms with Gasteiger partial charge in [-0.05, 0) is 55.5 Å². The second kappa shape index (κ2) is 8.46. The molecule has 0 aromatic heterocycles. The topological polar surface area (TPSA) is 57.7 Å². The summed E-state index contributed by atoms with van der Waals surface area (Å²) in [6.07, 6.45) is 5.62. The van der Waals surface area contributed by atoms with Crippen LogP contribution in [0.1, 0.15) is 48.0 Å². The second-order valence-corrected chi connectivity index (χ2v) is 9.99. The average molecular weight is 433 g/mol. The fraction of sp³-hybridized carbons (Fsp3) is 0.409. The summed E-state index contributed by atoms with van der Waals surface area (Å²) in [5.74, 6) is -0.255. The first-order valence-corrected chi connectivity index (χ1v) is 12.0. The maximum absolute atomic E-state index is 13.3. The van der Waals surface area contributed by atoms with Crippen molar-refractivity contribution >= 4 is 33.2 Å². The highest BCUT2D eigenvalue weighted by Gasteiger charge is 2.29. The molecule has 2 aliphatic heterocycles. The van der Waals surface area contributed by atoms with Gasteiger partial charge in [0.1, 0.15) is 0 Å². The normalized spacial score (nSPS) is 18.2. The lowest BCUT2D eigenvalue weighted by atomic mass is 10.0. The minimum Gasteiger partial charge on any atom is -0.308 e. The maximum Gasteiger partial charge on any atom is 0.259 e. The van der Waals surface area contributed by atoms with Crippen LogP contribution in [0.5, 0.6) is 0 Å². The van der Waals surface area contributed by atoms with Crippen LogP contribution in [0, 0.1) is 0 Å². The van der Waals surface area contributed by atoms with E-state index >= 15 is 0 Å². The summed E-state index contributed by atoms with van der Waals surface area (Å²) in [6, 6.07) is 12.3. The first-order chi connectivity index (χ1) is 14.0. The number of anilines is 1. The fourth-order valence-corrected chi connectivity index (χ4v) is 5.89. The van der Waals surface area contributed by atoms with Crippen molar-refractivity contribution in [3.05, 3.63) is 58.6 Å². The molecule has 4 rings (SSSR count). The summed E-state index contributed by atoms with van der Waals surface area (Å²) >= 11 is 6.34. The Balaban J connectivity index is 1.68. The van der Waals surface area contributed by atoms with Crippen LogP contribution < -0.4 is 4.90 Å². The number of nitrogens with zero attached hydrogens (tertiary/aromatic N) is 2. The predicted octanol–water partition coefficient (Wildman–Crippen LogP) is 4.50. The number of carbonyl (C=O) groups excluding carboxylic acids is 1. The molecular weight excluding hydrogens is 408 g/mol. The van der Waals surface area contributed by atoms with Gasteiger partial charge in [0, 0.05) is 25.3 Å². The van der Waals surface area contributed by atoms with Gasteiger partial charge in [0.2, 0.25) is 10.0 Å².